The third kappa shape index (κ3) is 1.19. The molecule has 0 bridgehead atoms. The summed E-state index contributed by atoms with van der Waals surface area (Å²) in [6, 6.07) is -0.00556. The van der Waals surface area contributed by atoms with Crippen LogP contribution in [0.5, 0.6) is 0 Å². The van der Waals surface area contributed by atoms with Gasteiger partial charge in [-0.2, -0.15) is 0 Å². The fourth-order valence-electron chi connectivity index (χ4n) is 2.32. The van der Waals surface area contributed by atoms with E-state index in [1.54, 1.807) is 0 Å². The molecule has 1 heterocycles. The second kappa shape index (κ2) is 3.23. The molecule has 0 aromatic heterocycles. The van der Waals surface area contributed by atoms with E-state index >= 15 is 0 Å². The fraction of sp³-hybridized carbons (Fsp3) is 0.636. The Morgan fingerprint density at radius 1 is 1.36 bits per heavy atom. The average molecular weight is 193 g/mol. The summed E-state index contributed by atoms with van der Waals surface area (Å²) < 4.78 is 0. The van der Waals surface area contributed by atoms with Crippen LogP contribution in [-0.4, -0.2) is 22.8 Å². The van der Waals surface area contributed by atoms with Crippen molar-refractivity contribution in [1.29, 1.82) is 0 Å². The number of carbonyl (C=O) groups is 2. The van der Waals surface area contributed by atoms with Gasteiger partial charge in [-0.05, 0) is 26.7 Å². The van der Waals surface area contributed by atoms with Gasteiger partial charge in [0.25, 0.3) is 0 Å². The molecule has 0 aromatic rings. The van der Waals surface area contributed by atoms with Crippen LogP contribution < -0.4 is 0 Å². The Labute approximate surface area is 83.8 Å². The van der Waals surface area contributed by atoms with Gasteiger partial charge in [-0.15, -0.1) is 0 Å². The molecule has 1 saturated heterocycles. The molecule has 0 saturated carbocycles. The summed E-state index contributed by atoms with van der Waals surface area (Å²) in [6.07, 6.45) is 5.66. The van der Waals surface area contributed by atoms with E-state index in [0.29, 0.717) is 0 Å². The zero-order valence-electron chi connectivity index (χ0n) is 8.56. The molecule has 3 nitrogen and oxygen atoms in total. The first-order valence-corrected chi connectivity index (χ1v) is 5.16. The van der Waals surface area contributed by atoms with Crippen LogP contribution in [0, 0.1) is 11.8 Å². The van der Waals surface area contributed by atoms with Crippen molar-refractivity contribution in [2.45, 2.75) is 32.7 Å². The minimum Gasteiger partial charge on any atom is -0.279 e. The summed E-state index contributed by atoms with van der Waals surface area (Å²) >= 11 is 0. The maximum Gasteiger partial charge on any atom is 0.237 e. The number of hydrogen-bond donors (Lipinski definition) is 0. The van der Waals surface area contributed by atoms with Crippen molar-refractivity contribution in [2.75, 3.05) is 0 Å². The molecular weight excluding hydrogens is 178 g/mol. The maximum absolute atomic E-state index is 11.9. The normalized spacial score (nSPS) is 31.5. The Bertz CT molecular complexity index is 306. The number of carbonyl (C=O) groups excluding carboxylic acids is 2. The Morgan fingerprint density at radius 3 is 2.64 bits per heavy atom. The molecule has 2 amide bonds. The van der Waals surface area contributed by atoms with Crippen LogP contribution in [0.3, 0.4) is 0 Å². The highest BCUT2D eigenvalue weighted by Crippen LogP contribution is 2.35. The van der Waals surface area contributed by atoms with Crippen molar-refractivity contribution in [3.05, 3.63) is 12.2 Å². The van der Waals surface area contributed by atoms with Gasteiger partial charge in [0.05, 0.1) is 11.8 Å². The third-order valence-corrected chi connectivity index (χ3v) is 3.01. The minimum absolute atomic E-state index is 0.00556. The topological polar surface area (TPSA) is 37.4 Å². The average Bonchev–Trinajstić information content (AvgIpc) is 2.41. The zero-order valence-corrected chi connectivity index (χ0v) is 8.56. The summed E-state index contributed by atoms with van der Waals surface area (Å²) in [5.41, 5.74) is 0. The first-order valence-electron chi connectivity index (χ1n) is 5.16. The molecule has 14 heavy (non-hydrogen) atoms. The van der Waals surface area contributed by atoms with Gasteiger partial charge in [-0.25, -0.2) is 0 Å². The molecule has 1 aliphatic heterocycles. The van der Waals surface area contributed by atoms with Crippen LogP contribution >= 0.6 is 0 Å². The predicted octanol–water partition coefficient (Wildman–Crippen LogP) is 1.35. The van der Waals surface area contributed by atoms with Crippen molar-refractivity contribution >= 4 is 11.8 Å². The Balaban J connectivity index is 2.31. The van der Waals surface area contributed by atoms with Gasteiger partial charge in [0.1, 0.15) is 0 Å². The zero-order chi connectivity index (χ0) is 10.3. The lowest BCUT2D eigenvalue weighted by Crippen LogP contribution is -2.37. The summed E-state index contributed by atoms with van der Waals surface area (Å²) in [5, 5.41) is 0. The summed E-state index contributed by atoms with van der Waals surface area (Å²) in [5.74, 6) is -0.223. The fourth-order valence-corrected chi connectivity index (χ4v) is 2.32. The lowest BCUT2D eigenvalue weighted by Gasteiger charge is -2.18. The molecule has 2 aliphatic rings. The van der Waals surface area contributed by atoms with Crippen LogP contribution in [0.25, 0.3) is 0 Å². The smallest absolute Gasteiger partial charge is 0.237 e. The van der Waals surface area contributed by atoms with Gasteiger partial charge < -0.3 is 0 Å². The molecule has 0 aromatic carbocycles. The van der Waals surface area contributed by atoms with E-state index in [1.807, 2.05) is 26.0 Å². The molecule has 2 rings (SSSR count). The van der Waals surface area contributed by atoms with E-state index in [0.717, 1.165) is 12.8 Å². The van der Waals surface area contributed by atoms with E-state index in [9.17, 15) is 9.59 Å². The molecule has 1 aliphatic carbocycles. The van der Waals surface area contributed by atoms with E-state index in [-0.39, 0.29) is 29.7 Å². The van der Waals surface area contributed by atoms with E-state index < -0.39 is 0 Å². The third-order valence-electron chi connectivity index (χ3n) is 3.01. The molecular formula is C11H15NO2. The molecule has 76 valence electrons. The number of rotatable bonds is 1. The van der Waals surface area contributed by atoms with Crippen LogP contribution in [0.15, 0.2) is 12.2 Å². The highest BCUT2D eigenvalue weighted by molar-refractivity contribution is 6.06. The van der Waals surface area contributed by atoms with Crippen molar-refractivity contribution < 1.29 is 9.59 Å². The first kappa shape index (κ1) is 9.44. The first-order chi connectivity index (χ1) is 6.63. The van der Waals surface area contributed by atoms with Crippen LogP contribution in [0.4, 0.5) is 0 Å². The number of nitrogens with zero attached hydrogens (tertiary/aromatic N) is 1. The lowest BCUT2D eigenvalue weighted by atomic mass is 9.86. The second-order valence-corrected chi connectivity index (χ2v) is 4.28. The highest BCUT2D eigenvalue weighted by atomic mass is 16.2. The summed E-state index contributed by atoms with van der Waals surface area (Å²) in [7, 11) is 0. The highest BCUT2D eigenvalue weighted by Gasteiger charge is 2.47. The molecule has 3 heteroatoms. The number of imide groups is 1. The molecule has 2 atom stereocenters. The van der Waals surface area contributed by atoms with Crippen molar-refractivity contribution in [3.63, 3.8) is 0 Å². The van der Waals surface area contributed by atoms with Crippen LogP contribution in [0.1, 0.15) is 26.7 Å². The molecule has 1 fully saturated rings. The lowest BCUT2D eigenvalue weighted by molar-refractivity contribution is -0.141. The predicted molar refractivity (Wildman–Crippen MR) is 52.3 cm³/mol. The molecule has 0 N–H and O–H groups in total. The molecule has 2 unspecified atom stereocenters. The van der Waals surface area contributed by atoms with Crippen molar-refractivity contribution in [3.8, 4) is 0 Å². The van der Waals surface area contributed by atoms with Crippen LogP contribution in [0.2, 0.25) is 0 Å². The van der Waals surface area contributed by atoms with Gasteiger partial charge in [0, 0.05) is 6.04 Å². The van der Waals surface area contributed by atoms with Gasteiger partial charge in [-0.1, -0.05) is 12.2 Å². The van der Waals surface area contributed by atoms with Crippen LogP contribution in [-0.2, 0) is 9.59 Å². The Morgan fingerprint density at radius 2 is 2.07 bits per heavy atom. The van der Waals surface area contributed by atoms with Crippen molar-refractivity contribution in [1.82, 2.24) is 4.90 Å². The minimum atomic E-state index is -0.168. The second-order valence-electron chi connectivity index (χ2n) is 4.28. The number of allylic oxidation sites excluding steroid dienone is 1. The number of fused-ring (bicyclic) bond motifs is 1. The van der Waals surface area contributed by atoms with Gasteiger partial charge in [0.15, 0.2) is 0 Å². The molecule has 0 radical (unpaired) electrons. The SMILES string of the molecule is CC(C)N1C(=O)C2C=CCCC2C1=O. The monoisotopic (exact) mass is 193 g/mol. The van der Waals surface area contributed by atoms with Crippen molar-refractivity contribution in [2.24, 2.45) is 11.8 Å². The van der Waals surface area contributed by atoms with Gasteiger partial charge >= 0.3 is 0 Å². The number of hydrogen-bond acceptors (Lipinski definition) is 2. The van der Waals surface area contributed by atoms with E-state index in [1.165, 1.54) is 4.90 Å². The Hall–Kier alpha value is -1.12. The van der Waals surface area contributed by atoms with E-state index in [4.69, 9.17) is 0 Å². The van der Waals surface area contributed by atoms with Gasteiger partial charge in [-0.3, -0.25) is 14.5 Å². The summed E-state index contributed by atoms with van der Waals surface area (Å²) in [6.45, 7) is 3.77. The summed E-state index contributed by atoms with van der Waals surface area (Å²) in [4.78, 5) is 25.1. The van der Waals surface area contributed by atoms with E-state index in [2.05, 4.69) is 0 Å². The quantitative estimate of drug-likeness (QED) is 0.465. The van der Waals surface area contributed by atoms with Gasteiger partial charge in [0.2, 0.25) is 11.8 Å². The maximum atomic E-state index is 11.9. The standard InChI is InChI=1S/C11H15NO2/c1-7(2)12-10(13)8-5-3-4-6-9(8)11(12)14/h3,5,7-9H,4,6H2,1-2H3. The largest absolute Gasteiger partial charge is 0.279 e. The number of likely N-dealkylation sites (tertiary alicyclic amines) is 1. The Kier molecular flexibility index (Phi) is 2.17. The number of amides is 2. The molecule has 0 spiro atoms.